The first-order valence-electron chi connectivity index (χ1n) is 7.50. The van der Waals surface area contributed by atoms with Gasteiger partial charge in [-0.05, 0) is 45.0 Å². The summed E-state index contributed by atoms with van der Waals surface area (Å²) in [6.07, 6.45) is 3.31. The lowest BCUT2D eigenvalue weighted by Crippen LogP contribution is -2.38. The van der Waals surface area contributed by atoms with Crippen LogP contribution < -0.4 is 10.6 Å². The third kappa shape index (κ3) is 4.32. The largest absolute Gasteiger partial charge is 0.370 e. The Balaban J connectivity index is 1.97. The van der Waals surface area contributed by atoms with Gasteiger partial charge in [0.05, 0.1) is 5.02 Å². The molecule has 0 bridgehead atoms. The third-order valence-corrected chi connectivity index (χ3v) is 4.09. The number of amides is 1. The first-order valence-corrected chi connectivity index (χ1v) is 7.88. The second-order valence-electron chi connectivity index (χ2n) is 5.44. The lowest BCUT2D eigenvalue weighted by Gasteiger charge is -2.19. The van der Waals surface area contributed by atoms with Crippen LogP contribution in [0.25, 0.3) is 0 Å². The Labute approximate surface area is 131 Å². The molecule has 1 unspecified atom stereocenters. The van der Waals surface area contributed by atoms with Crippen LogP contribution in [0.4, 0.5) is 5.82 Å². The van der Waals surface area contributed by atoms with Crippen molar-refractivity contribution >= 4 is 23.3 Å². The van der Waals surface area contributed by atoms with E-state index in [1.165, 1.54) is 6.42 Å². The number of likely N-dealkylation sites (N-methyl/N-ethyl adjacent to an activating group) is 1. The maximum absolute atomic E-state index is 12.3. The van der Waals surface area contributed by atoms with E-state index in [1.807, 2.05) is 0 Å². The van der Waals surface area contributed by atoms with E-state index < -0.39 is 0 Å². The number of hydrogen-bond donors (Lipinski definition) is 2. The molecule has 21 heavy (non-hydrogen) atoms. The number of carbonyl (C=O) groups excluding carboxylic acids is 1. The highest BCUT2D eigenvalue weighted by Gasteiger charge is 2.22. The third-order valence-electron chi connectivity index (χ3n) is 3.79. The summed E-state index contributed by atoms with van der Waals surface area (Å²) < 4.78 is 0. The fourth-order valence-corrected chi connectivity index (χ4v) is 2.68. The fraction of sp³-hybridized carbons (Fsp3) is 0.600. The Hall–Kier alpha value is -1.33. The van der Waals surface area contributed by atoms with E-state index in [1.54, 1.807) is 12.1 Å². The molecule has 0 saturated carbocycles. The van der Waals surface area contributed by atoms with E-state index in [4.69, 9.17) is 11.6 Å². The van der Waals surface area contributed by atoms with Crippen molar-refractivity contribution in [2.24, 2.45) is 0 Å². The Morgan fingerprint density at radius 1 is 1.52 bits per heavy atom. The minimum absolute atomic E-state index is 0.208. The molecule has 0 radical (unpaired) electrons. The first-order chi connectivity index (χ1) is 10.1. The zero-order valence-corrected chi connectivity index (χ0v) is 13.4. The number of anilines is 1. The summed E-state index contributed by atoms with van der Waals surface area (Å²) in [6.45, 7) is 4.63. The predicted octanol–water partition coefficient (Wildman–Crippen LogP) is 2.38. The number of pyridine rings is 1. The van der Waals surface area contributed by atoms with Crippen molar-refractivity contribution in [2.45, 2.75) is 32.2 Å². The summed E-state index contributed by atoms with van der Waals surface area (Å²) >= 11 is 6.09. The molecular formula is C15H23ClN4O. The fourth-order valence-electron chi connectivity index (χ4n) is 2.48. The summed E-state index contributed by atoms with van der Waals surface area (Å²) in [7, 11) is 2.09. The van der Waals surface area contributed by atoms with Crippen LogP contribution >= 0.6 is 11.6 Å². The topological polar surface area (TPSA) is 57.3 Å². The Morgan fingerprint density at radius 2 is 2.33 bits per heavy atom. The maximum atomic E-state index is 12.3. The van der Waals surface area contributed by atoms with Crippen LogP contribution in [-0.4, -0.2) is 48.5 Å². The van der Waals surface area contributed by atoms with Crippen LogP contribution in [0, 0.1) is 0 Å². The molecule has 6 heteroatoms. The molecule has 116 valence electrons. The minimum Gasteiger partial charge on any atom is -0.370 e. The van der Waals surface area contributed by atoms with Crippen LogP contribution in [0.3, 0.4) is 0 Å². The number of nitrogens with one attached hydrogen (secondary N) is 2. The number of halogens is 1. The second-order valence-corrected chi connectivity index (χ2v) is 5.85. The summed E-state index contributed by atoms with van der Waals surface area (Å²) in [5, 5.41) is 6.49. The molecule has 1 aromatic heterocycles. The highest BCUT2D eigenvalue weighted by Crippen LogP contribution is 2.17. The molecule has 5 nitrogen and oxygen atoms in total. The molecule has 1 fully saturated rings. The van der Waals surface area contributed by atoms with Gasteiger partial charge in [-0.1, -0.05) is 18.5 Å². The molecule has 1 atom stereocenters. The van der Waals surface area contributed by atoms with Crippen molar-refractivity contribution in [1.82, 2.24) is 15.2 Å². The summed E-state index contributed by atoms with van der Waals surface area (Å²) in [5.74, 6) is 0.477. The number of aromatic nitrogens is 1. The van der Waals surface area contributed by atoms with Gasteiger partial charge in [-0.2, -0.15) is 0 Å². The van der Waals surface area contributed by atoms with Gasteiger partial charge in [-0.15, -0.1) is 0 Å². The van der Waals surface area contributed by atoms with Crippen LogP contribution in [-0.2, 0) is 0 Å². The molecule has 1 aliphatic heterocycles. The molecule has 2 heterocycles. The van der Waals surface area contributed by atoms with Crippen molar-refractivity contribution in [2.75, 3.05) is 32.0 Å². The molecule has 0 aromatic carbocycles. The standard InChI is InChI=1S/C15H23ClN4O/c1-3-8-17-13-7-6-12(16)14(19-13)15(21)18-10-11-5-4-9-20(11)2/h6-7,11H,3-5,8-10H2,1-2H3,(H,17,19)(H,18,21). The average Bonchev–Trinajstić information content (AvgIpc) is 2.89. The Kier molecular flexibility index (Phi) is 5.82. The van der Waals surface area contributed by atoms with Gasteiger partial charge in [-0.3, -0.25) is 4.79 Å². The van der Waals surface area contributed by atoms with Crippen molar-refractivity contribution in [1.29, 1.82) is 0 Å². The Morgan fingerprint density at radius 3 is 3.00 bits per heavy atom. The highest BCUT2D eigenvalue weighted by atomic mass is 35.5. The number of rotatable bonds is 6. The minimum atomic E-state index is -0.208. The zero-order chi connectivity index (χ0) is 15.2. The van der Waals surface area contributed by atoms with Gasteiger partial charge >= 0.3 is 0 Å². The molecular weight excluding hydrogens is 288 g/mol. The van der Waals surface area contributed by atoms with Gasteiger partial charge in [0.25, 0.3) is 5.91 Å². The van der Waals surface area contributed by atoms with Gasteiger partial charge in [0.1, 0.15) is 11.5 Å². The SMILES string of the molecule is CCCNc1ccc(Cl)c(C(=O)NCC2CCCN2C)n1. The number of hydrogen-bond acceptors (Lipinski definition) is 4. The number of nitrogens with zero attached hydrogens (tertiary/aromatic N) is 2. The monoisotopic (exact) mass is 310 g/mol. The molecule has 1 aliphatic rings. The predicted molar refractivity (Wildman–Crippen MR) is 86.0 cm³/mol. The van der Waals surface area contributed by atoms with Gasteiger partial charge < -0.3 is 15.5 Å². The normalized spacial score (nSPS) is 18.7. The smallest absolute Gasteiger partial charge is 0.271 e. The van der Waals surface area contributed by atoms with Crippen LogP contribution in [0.15, 0.2) is 12.1 Å². The van der Waals surface area contributed by atoms with Crippen molar-refractivity contribution in [3.8, 4) is 0 Å². The van der Waals surface area contributed by atoms with Gasteiger partial charge in [-0.25, -0.2) is 4.98 Å². The molecule has 0 spiro atoms. The number of likely N-dealkylation sites (tertiary alicyclic amines) is 1. The quantitative estimate of drug-likeness (QED) is 0.847. The highest BCUT2D eigenvalue weighted by molar-refractivity contribution is 6.33. The van der Waals surface area contributed by atoms with E-state index in [0.717, 1.165) is 25.9 Å². The molecule has 2 rings (SSSR count). The van der Waals surface area contributed by atoms with Gasteiger partial charge in [0, 0.05) is 19.1 Å². The lowest BCUT2D eigenvalue weighted by atomic mass is 10.2. The van der Waals surface area contributed by atoms with Crippen molar-refractivity contribution in [3.63, 3.8) is 0 Å². The first kappa shape index (κ1) is 16.0. The Bertz CT molecular complexity index is 495. The van der Waals surface area contributed by atoms with E-state index in [2.05, 4.69) is 34.5 Å². The van der Waals surface area contributed by atoms with E-state index >= 15 is 0 Å². The van der Waals surface area contributed by atoms with Gasteiger partial charge in [0.2, 0.25) is 0 Å². The maximum Gasteiger partial charge on any atom is 0.271 e. The van der Waals surface area contributed by atoms with E-state index in [-0.39, 0.29) is 5.91 Å². The second kappa shape index (κ2) is 7.61. The van der Waals surface area contributed by atoms with Crippen LogP contribution in [0.1, 0.15) is 36.7 Å². The summed E-state index contributed by atoms with van der Waals surface area (Å²) in [4.78, 5) is 18.8. The number of carbonyl (C=O) groups is 1. The summed E-state index contributed by atoms with van der Waals surface area (Å²) in [5.41, 5.74) is 0.290. The zero-order valence-electron chi connectivity index (χ0n) is 12.7. The van der Waals surface area contributed by atoms with Crippen LogP contribution in [0.2, 0.25) is 5.02 Å². The lowest BCUT2D eigenvalue weighted by molar-refractivity contribution is 0.0939. The molecule has 1 aromatic rings. The average molecular weight is 311 g/mol. The molecule has 2 N–H and O–H groups in total. The van der Waals surface area contributed by atoms with Crippen molar-refractivity contribution < 1.29 is 4.79 Å². The summed E-state index contributed by atoms with van der Waals surface area (Å²) in [6, 6.07) is 3.91. The van der Waals surface area contributed by atoms with E-state index in [0.29, 0.717) is 29.1 Å². The molecule has 0 aliphatic carbocycles. The van der Waals surface area contributed by atoms with Crippen molar-refractivity contribution in [3.05, 3.63) is 22.8 Å². The van der Waals surface area contributed by atoms with E-state index in [9.17, 15) is 4.79 Å². The van der Waals surface area contributed by atoms with Crippen LogP contribution in [0.5, 0.6) is 0 Å². The van der Waals surface area contributed by atoms with Gasteiger partial charge in [0.15, 0.2) is 0 Å². The molecule has 1 amide bonds. The molecule has 1 saturated heterocycles.